The standard InChI is InChI=1S/C26H28FNS.C25H26FNS.C18H28/c1-2-3-4-5-20-8-13-23(14-9-20)24-15-10-21(11-16-24)6-7-22-12-17-26(28-19-29)25(27)18-22;1-2-3-4-19-7-12-22(13-8-19)23-14-9-20(10-15-23)5-6-21-11-16-25(27-18-28)24(26)17-21;1-3-4-5-6-16-9-13-18(14-10-16)17-11-7-15(2)8-12-17/h10-12,15-18,20,23H,2-5,8-9,13-14H2,1H3;9-11,14-17,19,22H,2-4,7-8,12-13H2,1H3;7-8,11-12,16,18H,3-6,9-10,13-14H2,1-2H3. The van der Waals surface area contributed by atoms with E-state index in [2.05, 4.69) is 169 Å². The van der Waals surface area contributed by atoms with Crippen LogP contribution in [0.5, 0.6) is 0 Å². The second kappa shape index (κ2) is 33.0. The van der Waals surface area contributed by atoms with Crippen molar-refractivity contribution in [1.29, 1.82) is 0 Å². The molecule has 3 fully saturated rings. The van der Waals surface area contributed by atoms with Gasteiger partial charge in [0.2, 0.25) is 0 Å². The molecular weight excluding hydrogens is 959 g/mol. The number of thiocarbonyl (C=S) groups is 2. The summed E-state index contributed by atoms with van der Waals surface area (Å²) in [6.07, 6.45) is 31.7. The zero-order valence-corrected chi connectivity index (χ0v) is 47.2. The third kappa shape index (κ3) is 20.3. The maximum absolute atomic E-state index is 13.9. The Bertz CT molecular complexity index is 2700. The van der Waals surface area contributed by atoms with Crippen LogP contribution in [0.15, 0.2) is 119 Å². The van der Waals surface area contributed by atoms with E-state index in [9.17, 15) is 8.78 Å². The van der Waals surface area contributed by atoms with Crippen molar-refractivity contribution >= 4 is 46.1 Å². The first kappa shape index (κ1) is 58.9. The molecule has 0 unspecified atom stereocenters. The second-order valence-electron chi connectivity index (χ2n) is 21.7. The number of nitrogens with zero attached hydrogens (tertiary/aromatic N) is 2. The highest BCUT2D eigenvalue weighted by molar-refractivity contribution is 7.78. The SMILES string of the molecule is CCCCC1CCC(c2ccc(C#Cc3ccc(N=C=S)c(F)c3)cc2)CC1.CCCCCC1CCC(c2ccc(C#Cc3ccc(N=C=S)c(F)c3)cc2)CC1.CCCCCC1CCC(c2ccc(C)cc2)CC1. The number of rotatable bonds is 16. The molecule has 2 nitrogen and oxygen atoms in total. The van der Waals surface area contributed by atoms with Crippen LogP contribution in [0.4, 0.5) is 20.2 Å². The van der Waals surface area contributed by atoms with Crippen LogP contribution in [-0.2, 0) is 0 Å². The molecule has 3 saturated carbocycles. The van der Waals surface area contributed by atoms with Crippen LogP contribution < -0.4 is 0 Å². The fraction of sp³-hybridized carbons (Fsp3) is 0.478. The number of isothiocyanates is 2. The van der Waals surface area contributed by atoms with Gasteiger partial charge in [-0.05, 0) is 221 Å². The second-order valence-corrected chi connectivity index (χ2v) is 22.0. The summed E-state index contributed by atoms with van der Waals surface area (Å²) in [5.74, 6) is 16.5. The molecule has 0 amide bonds. The Labute approximate surface area is 462 Å². The first-order chi connectivity index (χ1) is 36.7. The van der Waals surface area contributed by atoms with Gasteiger partial charge in [0.05, 0.1) is 10.3 Å². The van der Waals surface area contributed by atoms with Crippen LogP contribution >= 0.6 is 24.4 Å². The van der Waals surface area contributed by atoms with E-state index in [0.717, 1.165) is 34.8 Å². The van der Waals surface area contributed by atoms with Gasteiger partial charge in [-0.25, -0.2) is 8.78 Å². The van der Waals surface area contributed by atoms with E-state index in [1.165, 1.54) is 177 Å². The molecule has 0 atom stereocenters. The highest BCUT2D eigenvalue weighted by Crippen LogP contribution is 2.40. The summed E-state index contributed by atoms with van der Waals surface area (Å²) in [5.41, 5.74) is 9.32. The lowest BCUT2D eigenvalue weighted by molar-refractivity contribution is 0.303. The molecule has 0 bridgehead atoms. The highest BCUT2D eigenvalue weighted by Gasteiger charge is 2.24. The van der Waals surface area contributed by atoms with Crippen LogP contribution in [-0.4, -0.2) is 10.3 Å². The third-order valence-corrected chi connectivity index (χ3v) is 16.4. The van der Waals surface area contributed by atoms with Crippen molar-refractivity contribution in [3.8, 4) is 23.7 Å². The zero-order valence-electron chi connectivity index (χ0n) is 45.6. The molecule has 394 valence electrons. The summed E-state index contributed by atoms with van der Waals surface area (Å²) in [7, 11) is 0. The first-order valence-corrected chi connectivity index (χ1v) is 29.5. The number of aryl methyl sites for hydroxylation is 1. The van der Waals surface area contributed by atoms with Crippen molar-refractivity contribution in [3.63, 3.8) is 0 Å². The summed E-state index contributed by atoms with van der Waals surface area (Å²) in [4.78, 5) is 7.36. The smallest absolute Gasteiger partial charge is 0.150 e. The van der Waals surface area contributed by atoms with Crippen LogP contribution in [0.2, 0.25) is 0 Å². The van der Waals surface area contributed by atoms with Gasteiger partial charge >= 0.3 is 0 Å². The Morgan fingerprint density at radius 1 is 0.400 bits per heavy atom. The Morgan fingerprint density at radius 2 is 0.707 bits per heavy atom. The maximum atomic E-state index is 13.9. The van der Waals surface area contributed by atoms with Gasteiger partial charge in [0.1, 0.15) is 11.4 Å². The topological polar surface area (TPSA) is 24.7 Å². The summed E-state index contributed by atoms with van der Waals surface area (Å²) < 4.78 is 27.8. The largest absolute Gasteiger partial charge is 0.205 e. The molecule has 3 aliphatic rings. The predicted octanol–water partition coefficient (Wildman–Crippen LogP) is 21.1. The van der Waals surface area contributed by atoms with Gasteiger partial charge in [0, 0.05) is 22.3 Å². The van der Waals surface area contributed by atoms with Crippen molar-refractivity contribution in [2.75, 3.05) is 0 Å². The van der Waals surface area contributed by atoms with Gasteiger partial charge in [0.25, 0.3) is 0 Å². The number of benzene rings is 5. The van der Waals surface area contributed by atoms with Crippen LogP contribution in [0.3, 0.4) is 0 Å². The van der Waals surface area contributed by atoms with Gasteiger partial charge in [-0.1, -0.05) is 169 Å². The minimum atomic E-state index is -0.436. The van der Waals surface area contributed by atoms with Crippen LogP contribution in [0.1, 0.15) is 231 Å². The molecular formula is C69H82F2N2S2. The number of aliphatic imine (C=N–C) groups is 2. The number of unbranched alkanes of at least 4 members (excludes halogenated alkanes) is 5. The normalized spacial score (nSPS) is 19.9. The van der Waals surface area contributed by atoms with Crippen molar-refractivity contribution in [2.24, 2.45) is 27.7 Å². The van der Waals surface area contributed by atoms with E-state index >= 15 is 0 Å². The lowest BCUT2D eigenvalue weighted by Crippen LogP contribution is -2.13. The predicted molar refractivity (Wildman–Crippen MR) is 320 cm³/mol. The molecule has 0 heterocycles. The number of hydrogen-bond donors (Lipinski definition) is 0. The molecule has 0 spiro atoms. The lowest BCUT2D eigenvalue weighted by atomic mass is 9.77. The zero-order chi connectivity index (χ0) is 53.0. The molecule has 0 aliphatic heterocycles. The molecule has 5 aromatic carbocycles. The van der Waals surface area contributed by atoms with Crippen molar-refractivity contribution in [2.45, 2.75) is 193 Å². The van der Waals surface area contributed by atoms with Gasteiger partial charge in [-0.3, -0.25) is 0 Å². The summed E-state index contributed by atoms with van der Waals surface area (Å²) in [6.45, 7) is 9.02. The van der Waals surface area contributed by atoms with E-state index in [-0.39, 0.29) is 11.4 Å². The lowest BCUT2D eigenvalue weighted by Gasteiger charge is -2.29. The van der Waals surface area contributed by atoms with Crippen LogP contribution in [0.25, 0.3) is 0 Å². The maximum Gasteiger partial charge on any atom is 0.150 e. The molecule has 0 saturated heterocycles. The molecule has 3 aliphatic carbocycles. The summed E-state index contributed by atoms with van der Waals surface area (Å²) in [6, 6.07) is 35.8. The highest BCUT2D eigenvalue weighted by atomic mass is 32.1. The average Bonchev–Trinajstić information content (AvgIpc) is 3.44. The summed E-state index contributed by atoms with van der Waals surface area (Å²) >= 11 is 9.03. The Balaban J connectivity index is 0.000000188. The van der Waals surface area contributed by atoms with Gasteiger partial charge in [0.15, 0.2) is 11.6 Å². The minimum Gasteiger partial charge on any atom is -0.205 e. The van der Waals surface area contributed by atoms with Crippen LogP contribution in [0, 0.1) is 60.0 Å². The average molecular weight is 1040 g/mol. The molecule has 75 heavy (non-hydrogen) atoms. The number of hydrogen-bond acceptors (Lipinski definition) is 4. The molecule has 0 radical (unpaired) electrons. The van der Waals surface area contributed by atoms with Gasteiger partial charge in [-0.2, -0.15) is 9.98 Å². The summed E-state index contributed by atoms with van der Waals surface area (Å²) in [5, 5.41) is 4.36. The van der Waals surface area contributed by atoms with E-state index in [1.807, 2.05) is 0 Å². The molecule has 0 aromatic heterocycles. The Hall–Kier alpha value is -5.32. The van der Waals surface area contributed by atoms with E-state index in [0.29, 0.717) is 23.0 Å². The van der Waals surface area contributed by atoms with Gasteiger partial charge in [-0.15, -0.1) is 0 Å². The minimum absolute atomic E-state index is 0.189. The molecule has 5 aromatic rings. The van der Waals surface area contributed by atoms with E-state index < -0.39 is 11.6 Å². The fourth-order valence-corrected chi connectivity index (χ4v) is 11.7. The Morgan fingerprint density at radius 3 is 1.03 bits per heavy atom. The monoisotopic (exact) mass is 1040 g/mol. The number of halogens is 2. The Kier molecular flexibility index (Phi) is 25.9. The fourth-order valence-electron chi connectivity index (χ4n) is 11.5. The molecule has 8 rings (SSSR count). The van der Waals surface area contributed by atoms with Crippen molar-refractivity contribution in [1.82, 2.24) is 0 Å². The van der Waals surface area contributed by atoms with Gasteiger partial charge < -0.3 is 0 Å². The molecule has 6 heteroatoms. The first-order valence-electron chi connectivity index (χ1n) is 28.7. The van der Waals surface area contributed by atoms with Crippen molar-refractivity contribution < 1.29 is 8.78 Å². The van der Waals surface area contributed by atoms with Crippen molar-refractivity contribution in [3.05, 3.63) is 165 Å². The van der Waals surface area contributed by atoms with E-state index in [4.69, 9.17) is 0 Å². The quantitative estimate of drug-likeness (QED) is 0.0426. The van der Waals surface area contributed by atoms with E-state index in [1.54, 1.807) is 29.8 Å². The third-order valence-electron chi connectivity index (χ3n) is 16.2. The molecule has 0 N–H and O–H groups in total.